The van der Waals surface area contributed by atoms with Gasteiger partial charge in [-0.25, -0.2) is 0 Å². The zero-order valence-electron chi connectivity index (χ0n) is 10.6. The van der Waals surface area contributed by atoms with Crippen LogP contribution in [0.2, 0.25) is 0 Å². The summed E-state index contributed by atoms with van der Waals surface area (Å²) in [5.41, 5.74) is 3.39. The summed E-state index contributed by atoms with van der Waals surface area (Å²) in [5, 5.41) is 12.5. The maximum absolute atomic E-state index is 11.0. The van der Waals surface area contributed by atoms with E-state index in [2.05, 4.69) is 19.2 Å². The van der Waals surface area contributed by atoms with Gasteiger partial charge >= 0.3 is 5.97 Å². The molecule has 17 heavy (non-hydrogen) atoms. The van der Waals surface area contributed by atoms with Crippen molar-refractivity contribution in [2.24, 2.45) is 0 Å². The first-order valence-electron chi connectivity index (χ1n) is 6.03. The van der Waals surface area contributed by atoms with Gasteiger partial charge in [0.25, 0.3) is 0 Å². The van der Waals surface area contributed by atoms with E-state index in [4.69, 9.17) is 5.11 Å². The largest absolute Gasteiger partial charge is 0.481 e. The minimum Gasteiger partial charge on any atom is -0.481 e. The molecule has 1 unspecified atom stereocenters. The zero-order chi connectivity index (χ0) is 12.6. The lowest BCUT2D eigenvalue weighted by Crippen LogP contribution is -2.35. The lowest BCUT2D eigenvalue weighted by Gasteiger charge is -2.34. The molecule has 1 aliphatic rings. The molecular formula is C14H19NO2. The Morgan fingerprint density at radius 1 is 1.47 bits per heavy atom. The molecule has 0 spiro atoms. The van der Waals surface area contributed by atoms with Crippen molar-refractivity contribution in [3.63, 3.8) is 0 Å². The summed E-state index contributed by atoms with van der Waals surface area (Å²) < 4.78 is 0. The minimum atomic E-state index is -0.769. The van der Waals surface area contributed by atoms with Crippen molar-refractivity contribution in [2.75, 3.05) is 5.32 Å². The number of rotatable bonds is 2. The summed E-state index contributed by atoms with van der Waals surface area (Å²) in [6.07, 6.45) is 2.08. The number of aliphatic carboxylic acids is 1. The van der Waals surface area contributed by atoms with Gasteiger partial charge in [0.05, 0.1) is 5.92 Å². The molecule has 92 valence electrons. The van der Waals surface area contributed by atoms with Crippen LogP contribution in [0.5, 0.6) is 0 Å². The van der Waals surface area contributed by atoms with Gasteiger partial charge in [-0.3, -0.25) is 4.79 Å². The number of anilines is 1. The maximum Gasteiger partial charge on any atom is 0.310 e. The third-order valence-electron chi connectivity index (χ3n) is 3.49. The molecule has 0 aromatic heterocycles. The fourth-order valence-electron chi connectivity index (χ4n) is 2.23. The summed E-state index contributed by atoms with van der Waals surface area (Å²) >= 11 is 0. The van der Waals surface area contributed by atoms with Crippen LogP contribution in [0.1, 0.15) is 44.2 Å². The fourth-order valence-corrected chi connectivity index (χ4v) is 2.23. The predicted octanol–water partition coefficient (Wildman–Crippen LogP) is 3.01. The van der Waals surface area contributed by atoms with E-state index in [1.54, 1.807) is 6.92 Å². The molecule has 0 saturated heterocycles. The van der Waals surface area contributed by atoms with E-state index in [1.807, 2.05) is 18.2 Å². The monoisotopic (exact) mass is 233 g/mol. The van der Waals surface area contributed by atoms with Gasteiger partial charge in [-0.15, -0.1) is 0 Å². The van der Waals surface area contributed by atoms with Crippen LogP contribution in [0.15, 0.2) is 18.2 Å². The molecule has 0 amide bonds. The number of carbonyl (C=O) groups is 1. The molecule has 1 aliphatic heterocycles. The Balaban J connectivity index is 2.30. The second kappa shape index (κ2) is 4.06. The number of aryl methyl sites for hydroxylation is 1. The van der Waals surface area contributed by atoms with Crippen LogP contribution in [-0.2, 0) is 11.2 Å². The van der Waals surface area contributed by atoms with Crippen LogP contribution in [-0.4, -0.2) is 16.6 Å². The maximum atomic E-state index is 11.0. The molecule has 0 fully saturated rings. The van der Waals surface area contributed by atoms with Gasteiger partial charge in [0, 0.05) is 11.2 Å². The molecule has 2 N–H and O–H groups in total. The van der Waals surface area contributed by atoms with Crippen LogP contribution in [0.25, 0.3) is 0 Å². The number of nitrogens with one attached hydrogen (secondary N) is 1. The molecular weight excluding hydrogens is 214 g/mol. The van der Waals surface area contributed by atoms with E-state index < -0.39 is 11.9 Å². The van der Waals surface area contributed by atoms with Gasteiger partial charge in [0.2, 0.25) is 0 Å². The highest BCUT2D eigenvalue weighted by Gasteiger charge is 2.25. The topological polar surface area (TPSA) is 49.3 Å². The van der Waals surface area contributed by atoms with Crippen molar-refractivity contribution in [2.45, 2.75) is 45.1 Å². The first-order valence-corrected chi connectivity index (χ1v) is 6.03. The highest BCUT2D eigenvalue weighted by molar-refractivity contribution is 5.76. The van der Waals surface area contributed by atoms with Gasteiger partial charge < -0.3 is 10.4 Å². The van der Waals surface area contributed by atoms with E-state index in [0.717, 1.165) is 24.1 Å². The van der Waals surface area contributed by atoms with E-state index in [0.29, 0.717) is 0 Å². The first-order chi connectivity index (χ1) is 7.89. The van der Waals surface area contributed by atoms with Crippen LogP contribution < -0.4 is 5.32 Å². The van der Waals surface area contributed by atoms with Crippen molar-refractivity contribution in [3.05, 3.63) is 29.3 Å². The van der Waals surface area contributed by atoms with Gasteiger partial charge in [-0.05, 0) is 50.8 Å². The quantitative estimate of drug-likeness (QED) is 0.825. The number of carboxylic acids is 1. The Morgan fingerprint density at radius 2 is 2.18 bits per heavy atom. The van der Waals surface area contributed by atoms with Crippen molar-refractivity contribution < 1.29 is 9.90 Å². The highest BCUT2D eigenvalue weighted by atomic mass is 16.4. The van der Waals surface area contributed by atoms with Gasteiger partial charge in [0.1, 0.15) is 0 Å². The number of fused-ring (bicyclic) bond motifs is 1. The second-order valence-electron chi connectivity index (χ2n) is 5.49. The molecule has 2 rings (SSSR count). The smallest absolute Gasteiger partial charge is 0.310 e. The van der Waals surface area contributed by atoms with Crippen molar-refractivity contribution in [1.29, 1.82) is 0 Å². The Labute approximate surface area is 102 Å². The molecule has 0 radical (unpaired) electrons. The van der Waals surface area contributed by atoms with Gasteiger partial charge in [-0.2, -0.15) is 0 Å². The summed E-state index contributed by atoms with van der Waals surface area (Å²) in [6.45, 7) is 6.09. The Kier molecular flexibility index (Phi) is 2.86. The average Bonchev–Trinajstić information content (AvgIpc) is 2.26. The molecule has 1 heterocycles. The minimum absolute atomic E-state index is 0.132. The SMILES string of the molecule is CC(C(=O)O)c1ccc2c(c1)CCC(C)(C)N2. The molecule has 0 aliphatic carbocycles. The van der Waals surface area contributed by atoms with Crippen LogP contribution >= 0.6 is 0 Å². The average molecular weight is 233 g/mol. The van der Waals surface area contributed by atoms with Crippen LogP contribution in [0.3, 0.4) is 0 Å². The molecule has 1 aromatic carbocycles. The van der Waals surface area contributed by atoms with E-state index in [-0.39, 0.29) is 5.54 Å². The molecule has 1 aromatic rings. The van der Waals surface area contributed by atoms with Crippen LogP contribution in [0, 0.1) is 0 Å². The number of benzene rings is 1. The van der Waals surface area contributed by atoms with E-state index >= 15 is 0 Å². The summed E-state index contributed by atoms with van der Waals surface area (Å²) in [7, 11) is 0. The highest BCUT2D eigenvalue weighted by Crippen LogP contribution is 2.32. The van der Waals surface area contributed by atoms with Gasteiger partial charge in [0.15, 0.2) is 0 Å². The summed E-state index contributed by atoms with van der Waals surface area (Å²) in [6, 6.07) is 5.94. The van der Waals surface area contributed by atoms with Crippen molar-refractivity contribution >= 4 is 11.7 Å². The standard InChI is InChI=1S/C14H19NO2/c1-9(13(16)17)10-4-5-12-11(8-10)6-7-14(2,3)15-12/h4-5,8-9,15H,6-7H2,1-3H3,(H,16,17). The summed E-state index contributed by atoms with van der Waals surface area (Å²) in [4.78, 5) is 11.0. The molecule has 3 nitrogen and oxygen atoms in total. The number of carboxylic acid groups (broad SMARTS) is 1. The normalized spacial score (nSPS) is 19.0. The molecule has 3 heteroatoms. The van der Waals surface area contributed by atoms with Gasteiger partial charge in [-0.1, -0.05) is 12.1 Å². The summed E-state index contributed by atoms with van der Waals surface area (Å²) in [5.74, 6) is -1.20. The molecule has 1 atom stereocenters. The number of hydrogen-bond acceptors (Lipinski definition) is 2. The second-order valence-corrected chi connectivity index (χ2v) is 5.49. The third kappa shape index (κ3) is 2.43. The van der Waals surface area contributed by atoms with Crippen LogP contribution in [0.4, 0.5) is 5.69 Å². The predicted molar refractivity (Wildman–Crippen MR) is 68.5 cm³/mol. The lowest BCUT2D eigenvalue weighted by atomic mass is 9.87. The van der Waals surface area contributed by atoms with E-state index in [9.17, 15) is 4.79 Å². The number of hydrogen-bond donors (Lipinski definition) is 2. The molecule has 0 saturated carbocycles. The lowest BCUT2D eigenvalue weighted by molar-refractivity contribution is -0.138. The van der Waals surface area contributed by atoms with E-state index in [1.165, 1.54) is 5.56 Å². The fraction of sp³-hybridized carbons (Fsp3) is 0.500. The zero-order valence-corrected chi connectivity index (χ0v) is 10.6. The Bertz CT molecular complexity index is 452. The molecule has 0 bridgehead atoms. The van der Waals surface area contributed by atoms with Crippen molar-refractivity contribution in [1.82, 2.24) is 0 Å². The third-order valence-corrected chi connectivity index (χ3v) is 3.49. The van der Waals surface area contributed by atoms with Crippen molar-refractivity contribution in [3.8, 4) is 0 Å². The Hall–Kier alpha value is -1.51. The Morgan fingerprint density at radius 3 is 2.82 bits per heavy atom. The first kappa shape index (κ1) is 12.0.